The number of alkyl halides is 3. The maximum atomic E-state index is 13.1. The number of amides is 1. The van der Waals surface area contributed by atoms with E-state index in [1.165, 1.54) is 0 Å². The molecule has 9 nitrogen and oxygen atoms in total. The van der Waals surface area contributed by atoms with Gasteiger partial charge in [-0.25, -0.2) is 0 Å². The number of anilines is 1. The number of hydrogen-bond donors (Lipinski definition) is 1. The molecule has 0 fully saturated rings. The number of hydrogen-bond acceptors (Lipinski definition) is 5. The fourth-order valence-electron chi connectivity index (χ4n) is 3.19. The highest BCUT2D eigenvalue weighted by Crippen LogP contribution is 2.36. The summed E-state index contributed by atoms with van der Waals surface area (Å²) in [6.45, 7) is 4.73. The number of nitro groups is 1. The quantitative estimate of drug-likeness (QED) is 0.387. The molecule has 1 N–H and O–H groups in total. The highest BCUT2D eigenvalue weighted by atomic mass is 79.9. The van der Waals surface area contributed by atoms with Crippen molar-refractivity contribution in [3.8, 4) is 0 Å². The summed E-state index contributed by atoms with van der Waals surface area (Å²) in [5, 5.41) is 21.3. The van der Waals surface area contributed by atoms with Gasteiger partial charge in [-0.15, -0.1) is 0 Å². The van der Waals surface area contributed by atoms with Crippen LogP contribution < -0.4 is 5.32 Å². The van der Waals surface area contributed by atoms with Gasteiger partial charge in [0.05, 0.1) is 27.3 Å². The van der Waals surface area contributed by atoms with Crippen molar-refractivity contribution in [2.45, 2.75) is 40.0 Å². The fraction of sp³-hybridized carbons (Fsp3) is 0.316. The van der Waals surface area contributed by atoms with Crippen LogP contribution >= 0.6 is 15.9 Å². The number of nitrogens with one attached hydrogen (secondary N) is 1. The van der Waals surface area contributed by atoms with Crippen LogP contribution in [0.3, 0.4) is 0 Å². The van der Waals surface area contributed by atoms with Gasteiger partial charge in [0.25, 0.3) is 0 Å². The minimum absolute atomic E-state index is 0.360. The molecule has 1 aromatic carbocycles. The molecule has 3 rings (SSSR count). The Morgan fingerprint density at radius 1 is 1.19 bits per heavy atom. The van der Waals surface area contributed by atoms with Crippen molar-refractivity contribution in [3.63, 3.8) is 0 Å². The number of halogens is 4. The van der Waals surface area contributed by atoms with Crippen molar-refractivity contribution in [2.75, 3.05) is 5.32 Å². The summed E-state index contributed by atoms with van der Waals surface area (Å²) in [6, 6.07) is 6.90. The molecule has 0 saturated carbocycles. The molecule has 2 heterocycles. The molecule has 0 bridgehead atoms. The van der Waals surface area contributed by atoms with Gasteiger partial charge in [-0.2, -0.15) is 23.4 Å². The molecular formula is C19H18BrF3N6O3. The van der Waals surface area contributed by atoms with E-state index in [1.54, 1.807) is 22.9 Å². The molecule has 32 heavy (non-hydrogen) atoms. The summed E-state index contributed by atoms with van der Waals surface area (Å²) in [6.07, 6.45) is -5.01. The molecule has 0 aliphatic heterocycles. The third-order valence-electron chi connectivity index (χ3n) is 4.76. The highest BCUT2D eigenvalue weighted by Gasteiger charge is 2.44. The monoisotopic (exact) mass is 514 g/mol. The molecule has 0 atom stereocenters. The lowest BCUT2D eigenvalue weighted by Gasteiger charge is -2.09. The Bertz CT molecular complexity index is 1200. The highest BCUT2D eigenvalue weighted by molar-refractivity contribution is 9.10. The molecule has 0 aliphatic rings. The average Bonchev–Trinajstić information content (AvgIpc) is 3.14. The Labute approximate surface area is 188 Å². The molecular weight excluding hydrogens is 497 g/mol. The van der Waals surface area contributed by atoms with Gasteiger partial charge in [0, 0.05) is 5.69 Å². The van der Waals surface area contributed by atoms with Gasteiger partial charge in [0.2, 0.25) is 11.6 Å². The number of carbonyl (C=O) groups excluding carboxylic acids is 1. The van der Waals surface area contributed by atoms with E-state index in [0.717, 1.165) is 28.3 Å². The first-order valence-corrected chi connectivity index (χ1v) is 10.0. The van der Waals surface area contributed by atoms with Crippen molar-refractivity contribution in [1.82, 2.24) is 19.6 Å². The van der Waals surface area contributed by atoms with Crippen molar-refractivity contribution in [2.24, 2.45) is 0 Å². The summed E-state index contributed by atoms with van der Waals surface area (Å²) in [5.41, 5.74) is -0.118. The maximum Gasteiger partial charge on any atom is 0.442 e. The lowest BCUT2D eigenvalue weighted by Crippen LogP contribution is -2.21. The third kappa shape index (κ3) is 4.82. The molecule has 3 aromatic rings. The third-order valence-corrected chi connectivity index (χ3v) is 5.90. The van der Waals surface area contributed by atoms with Crippen molar-refractivity contribution < 1.29 is 22.9 Å². The van der Waals surface area contributed by atoms with E-state index in [1.807, 2.05) is 19.9 Å². The zero-order valence-electron chi connectivity index (χ0n) is 17.2. The summed E-state index contributed by atoms with van der Waals surface area (Å²) < 4.78 is 42.6. The van der Waals surface area contributed by atoms with E-state index in [4.69, 9.17) is 0 Å². The Morgan fingerprint density at radius 2 is 1.88 bits per heavy atom. The van der Waals surface area contributed by atoms with Crippen LogP contribution in [0, 0.1) is 30.9 Å². The molecule has 0 radical (unpaired) electrons. The second-order valence-corrected chi connectivity index (χ2v) is 7.88. The predicted molar refractivity (Wildman–Crippen MR) is 112 cm³/mol. The van der Waals surface area contributed by atoms with Crippen molar-refractivity contribution >= 4 is 33.2 Å². The number of aryl methyl sites for hydroxylation is 1. The van der Waals surface area contributed by atoms with Crippen LogP contribution in [-0.2, 0) is 24.1 Å². The molecule has 0 spiro atoms. The van der Waals surface area contributed by atoms with E-state index >= 15 is 0 Å². The molecule has 0 unspecified atom stereocenters. The SMILES string of the molecule is Cc1nn(Cc2cccc(NC(=O)Cn3nc(C(F)(F)F)c([N+](=O)[O-])c3C)c2)c(C)c1Br. The predicted octanol–water partition coefficient (Wildman–Crippen LogP) is 4.38. The van der Waals surface area contributed by atoms with Crippen LogP contribution in [0.2, 0.25) is 0 Å². The molecule has 0 saturated heterocycles. The first-order valence-electron chi connectivity index (χ1n) is 9.25. The summed E-state index contributed by atoms with van der Waals surface area (Å²) in [4.78, 5) is 22.3. The Morgan fingerprint density at radius 3 is 2.41 bits per heavy atom. The number of benzene rings is 1. The van der Waals surface area contributed by atoms with Crippen LogP contribution in [0.25, 0.3) is 0 Å². The van der Waals surface area contributed by atoms with E-state index in [-0.39, 0.29) is 5.69 Å². The van der Waals surface area contributed by atoms with Gasteiger partial charge in [-0.05, 0) is 54.4 Å². The van der Waals surface area contributed by atoms with Crippen LogP contribution in [0.4, 0.5) is 24.5 Å². The van der Waals surface area contributed by atoms with Crippen LogP contribution in [-0.4, -0.2) is 30.4 Å². The van der Waals surface area contributed by atoms with Gasteiger partial charge in [-0.1, -0.05) is 12.1 Å². The van der Waals surface area contributed by atoms with Crippen molar-refractivity contribution in [3.05, 3.63) is 67.2 Å². The van der Waals surface area contributed by atoms with E-state index in [0.29, 0.717) is 16.9 Å². The number of rotatable bonds is 6. The van der Waals surface area contributed by atoms with Gasteiger partial charge >= 0.3 is 11.9 Å². The van der Waals surface area contributed by atoms with Crippen molar-refractivity contribution in [1.29, 1.82) is 0 Å². The number of nitrogens with zero attached hydrogens (tertiary/aromatic N) is 5. The standard InChI is InChI=1S/C19H18BrF3N6O3/c1-10-16(20)11(2)27(25-10)8-13-5-4-6-14(7-13)24-15(30)9-28-12(3)17(29(31)32)18(26-28)19(21,22)23/h4-7H,8-9H2,1-3H3,(H,24,30). The Hall–Kier alpha value is -3.22. The van der Waals surface area contributed by atoms with E-state index < -0.39 is 34.9 Å². The first kappa shape index (κ1) is 23.4. The van der Waals surface area contributed by atoms with Gasteiger partial charge in [0.1, 0.15) is 12.2 Å². The smallest absolute Gasteiger partial charge is 0.324 e. The number of carbonyl (C=O) groups is 1. The average molecular weight is 515 g/mol. The summed E-state index contributed by atoms with van der Waals surface area (Å²) in [5.74, 6) is -0.676. The van der Waals surface area contributed by atoms with Gasteiger partial charge < -0.3 is 5.32 Å². The molecule has 1 amide bonds. The first-order chi connectivity index (χ1) is 14.9. The lowest BCUT2D eigenvalue weighted by molar-refractivity contribution is -0.388. The fourth-order valence-corrected chi connectivity index (χ4v) is 3.47. The Balaban J connectivity index is 1.77. The summed E-state index contributed by atoms with van der Waals surface area (Å²) >= 11 is 3.46. The van der Waals surface area contributed by atoms with Crippen LogP contribution in [0.5, 0.6) is 0 Å². The summed E-state index contributed by atoms with van der Waals surface area (Å²) in [7, 11) is 0. The second-order valence-electron chi connectivity index (χ2n) is 7.09. The minimum Gasteiger partial charge on any atom is -0.324 e. The zero-order valence-corrected chi connectivity index (χ0v) is 18.8. The minimum atomic E-state index is -5.01. The molecule has 170 valence electrons. The van der Waals surface area contributed by atoms with Crippen LogP contribution in [0.1, 0.15) is 28.3 Å². The molecule has 13 heteroatoms. The van der Waals surface area contributed by atoms with Gasteiger partial charge in [0.15, 0.2) is 0 Å². The van der Waals surface area contributed by atoms with Gasteiger partial charge in [-0.3, -0.25) is 24.3 Å². The number of aromatic nitrogens is 4. The Kier molecular flexibility index (Phi) is 6.39. The zero-order chi connectivity index (χ0) is 23.8. The molecule has 0 aliphatic carbocycles. The van der Waals surface area contributed by atoms with E-state index in [9.17, 15) is 28.1 Å². The molecule has 2 aromatic heterocycles. The van der Waals surface area contributed by atoms with Crippen LogP contribution in [0.15, 0.2) is 28.7 Å². The van der Waals surface area contributed by atoms with E-state index in [2.05, 4.69) is 31.4 Å². The normalized spacial score (nSPS) is 11.6. The topological polar surface area (TPSA) is 108 Å². The largest absolute Gasteiger partial charge is 0.442 e. The second kappa shape index (κ2) is 8.73. The maximum absolute atomic E-state index is 13.1. The lowest BCUT2D eigenvalue weighted by atomic mass is 10.2.